The normalized spacial score (nSPS) is 11.5. The molecule has 0 aliphatic rings. The van der Waals surface area contributed by atoms with Crippen molar-refractivity contribution in [1.82, 2.24) is 0 Å². The van der Waals surface area contributed by atoms with Crippen LogP contribution < -0.4 is 4.74 Å². The number of halogens is 1. The molecule has 4 nitrogen and oxygen atoms in total. The van der Waals surface area contributed by atoms with Gasteiger partial charge in [-0.3, -0.25) is 9.59 Å². The van der Waals surface area contributed by atoms with Crippen LogP contribution in [0.15, 0.2) is 54.6 Å². The fourth-order valence-electron chi connectivity index (χ4n) is 3.27. The zero-order valence-corrected chi connectivity index (χ0v) is 17.4. The SMILES string of the molecule is CCc1ccc(COc2c(C(=O)CC(C)(C)C(=O)O)cc(F)c3ccccc23)cc1. The number of ether oxygens (including phenoxy) is 1. The van der Waals surface area contributed by atoms with Gasteiger partial charge in [0, 0.05) is 17.2 Å². The Balaban J connectivity index is 2.01. The van der Waals surface area contributed by atoms with Crippen molar-refractivity contribution in [3.63, 3.8) is 0 Å². The van der Waals surface area contributed by atoms with Crippen molar-refractivity contribution in [1.29, 1.82) is 0 Å². The van der Waals surface area contributed by atoms with Crippen LogP contribution in [-0.2, 0) is 17.8 Å². The van der Waals surface area contributed by atoms with E-state index in [1.807, 2.05) is 24.3 Å². The molecule has 0 aliphatic carbocycles. The van der Waals surface area contributed by atoms with Crippen LogP contribution in [0.5, 0.6) is 5.75 Å². The average molecular weight is 408 g/mol. The third-order valence-electron chi connectivity index (χ3n) is 5.24. The molecule has 0 aliphatic heterocycles. The molecule has 156 valence electrons. The molecule has 0 radical (unpaired) electrons. The summed E-state index contributed by atoms with van der Waals surface area (Å²) in [5.74, 6) is -1.82. The number of aryl methyl sites for hydroxylation is 1. The van der Waals surface area contributed by atoms with E-state index >= 15 is 0 Å². The topological polar surface area (TPSA) is 63.6 Å². The highest BCUT2D eigenvalue weighted by Gasteiger charge is 2.32. The Hall–Kier alpha value is -3.21. The van der Waals surface area contributed by atoms with E-state index in [1.165, 1.54) is 19.4 Å². The molecule has 0 atom stereocenters. The van der Waals surface area contributed by atoms with Crippen LogP contribution in [0.25, 0.3) is 10.8 Å². The van der Waals surface area contributed by atoms with Crippen LogP contribution >= 0.6 is 0 Å². The second kappa shape index (κ2) is 8.66. The number of carbonyl (C=O) groups excluding carboxylic acids is 1. The predicted molar refractivity (Wildman–Crippen MR) is 114 cm³/mol. The number of aliphatic carboxylic acids is 1. The van der Waals surface area contributed by atoms with Gasteiger partial charge in [-0.15, -0.1) is 0 Å². The lowest BCUT2D eigenvalue weighted by molar-refractivity contribution is -0.146. The molecular formula is C25H25FO4. The van der Waals surface area contributed by atoms with Crippen molar-refractivity contribution >= 4 is 22.5 Å². The van der Waals surface area contributed by atoms with Gasteiger partial charge in [0.15, 0.2) is 5.78 Å². The number of rotatable bonds is 8. The van der Waals surface area contributed by atoms with E-state index in [0.717, 1.165) is 18.1 Å². The van der Waals surface area contributed by atoms with Gasteiger partial charge in [0.05, 0.1) is 11.0 Å². The number of benzene rings is 3. The number of hydrogen-bond acceptors (Lipinski definition) is 3. The fraction of sp³-hybridized carbons (Fsp3) is 0.280. The number of carbonyl (C=O) groups is 2. The molecule has 0 aromatic heterocycles. The van der Waals surface area contributed by atoms with Crippen LogP contribution in [-0.4, -0.2) is 16.9 Å². The minimum absolute atomic E-state index is 0.0608. The zero-order valence-electron chi connectivity index (χ0n) is 17.4. The van der Waals surface area contributed by atoms with Gasteiger partial charge in [-0.25, -0.2) is 4.39 Å². The van der Waals surface area contributed by atoms with Crippen molar-refractivity contribution < 1.29 is 23.8 Å². The third-order valence-corrected chi connectivity index (χ3v) is 5.24. The summed E-state index contributed by atoms with van der Waals surface area (Å²) in [4.78, 5) is 24.4. The smallest absolute Gasteiger partial charge is 0.309 e. The highest BCUT2D eigenvalue weighted by molar-refractivity contribution is 6.06. The molecule has 30 heavy (non-hydrogen) atoms. The van der Waals surface area contributed by atoms with Crippen molar-refractivity contribution in [2.45, 2.75) is 40.2 Å². The minimum atomic E-state index is -1.27. The minimum Gasteiger partial charge on any atom is -0.487 e. The summed E-state index contributed by atoms with van der Waals surface area (Å²) in [6.07, 6.45) is 0.670. The lowest BCUT2D eigenvalue weighted by atomic mass is 9.85. The molecule has 5 heteroatoms. The predicted octanol–water partition coefficient (Wildman–Crippen LogP) is 5.80. The van der Waals surface area contributed by atoms with E-state index < -0.39 is 23.0 Å². The van der Waals surface area contributed by atoms with Gasteiger partial charge >= 0.3 is 5.97 Å². The Bertz CT molecular complexity index is 1080. The maximum absolute atomic E-state index is 14.7. The van der Waals surface area contributed by atoms with E-state index in [0.29, 0.717) is 10.8 Å². The van der Waals surface area contributed by atoms with E-state index in [2.05, 4.69) is 6.92 Å². The Morgan fingerprint density at radius 2 is 1.60 bits per heavy atom. The summed E-state index contributed by atoms with van der Waals surface area (Å²) >= 11 is 0. The second-order valence-electron chi connectivity index (χ2n) is 8.03. The first-order valence-electron chi connectivity index (χ1n) is 9.91. The quantitative estimate of drug-likeness (QED) is 0.478. The molecule has 0 spiro atoms. The highest BCUT2D eigenvalue weighted by Crippen LogP contribution is 2.35. The van der Waals surface area contributed by atoms with Gasteiger partial charge in [-0.1, -0.05) is 55.5 Å². The van der Waals surface area contributed by atoms with Crippen LogP contribution in [0.4, 0.5) is 4.39 Å². The number of carboxylic acid groups (broad SMARTS) is 1. The lowest BCUT2D eigenvalue weighted by Gasteiger charge is -2.20. The number of carboxylic acids is 1. The van der Waals surface area contributed by atoms with E-state index in [-0.39, 0.29) is 24.3 Å². The molecule has 3 aromatic carbocycles. The van der Waals surface area contributed by atoms with E-state index in [4.69, 9.17) is 4.74 Å². The molecule has 0 bridgehead atoms. The molecule has 0 saturated carbocycles. The van der Waals surface area contributed by atoms with Crippen molar-refractivity contribution in [2.75, 3.05) is 0 Å². The summed E-state index contributed by atoms with van der Waals surface area (Å²) in [6, 6.07) is 15.9. The zero-order chi connectivity index (χ0) is 21.9. The van der Waals surface area contributed by atoms with Gasteiger partial charge in [-0.05, 0) is 37.5 Å². The molecule has 0 saturated heterocycles. The van der Waals surface area contributed by atoms with Gasteiger partial charge in [-0.2, -0.15) is 0 Å². The molecule has 3 aromatic rings. The summed E-state index contributed by atoms with van der Waals surface area (Å²) in [5.41, 5.74) is 0.917. The van der Waals surface area contributed by atoms with Crippen molar-refractivity contribution in [2.24, 2.45) is 5.41 Å². The second-order valence-corrected chi connectivity index (χ2v) is 8.03. The maximum Gasteiger partial charge on any atom is 0.309 e. The van der Waals surface area contributed by atoms with Crippen LogP contribution in [0.1, 0.15) is 48.7 Å². The van der Waals surface area contributed by atoms with Crippen molar-refractivity contribution in [3.8, 4) is 5.75 Å². The van der Waals surface area contributed by atoms with Gasteiger partial charge in [0.2, 0.25) is 0 Å². The standard InChI is InChI=1S/C25H25FO4/c1-4-16-9-11-17(12-10-16)15-30-23-19-8-6-5-7-18(19)21(26)13-20(23)22(27)14-25(2,3)24(28)29/h5-13H,4,14-15H2,1-3H3,(H,28,29). The lowest BCUT2D eigenvalue weighted by Crippen LogP contribution is -2.27. The maximum atomic E-state index is 14.7. The summed E-state index contributed by atoms with van der Waals surface area (Å²) in [7, 11) is 0. The fourth-order valence-corrected chi connectivity index (χ4v) is 3.27. The Morgan fingerprint density at radius 3 is 2.20 bits per heavy atom. The molecule has 1 N–H and O–H groups in total. The number of ketones is 1. The molecule has 0 heterocycles. The van der Waals surface area contributed by atoms with Gasteiger partial charge < -0.3 is 9.84 Å². The Labute approximate surface area is 175 Å². The molecular weight excluding hydrogens is 383 g/mol. The van der Waals surface area contributed by atoms with Crippen LogP contribution in [0, 0.1) is 11.2 Å². The number of hydrogen-bond donors (Lipinski definition) is 1. The Kier molecular flexibility index (Phi) is 6.20. The number of Topliss-reactive ketones (excluding diaryl/α,β-unsaturated/α-hetero) is 1. The summed E-state index contributed by atoms with van der Waals surface area (Å²) in [6.45, 7) is 5.23. The van der Waals surface area contributed by atoms with E-state index in [9.17, 15) is 19.1 Å². The van der Waals surface area contributed by atoms with Gasteiger partial charge in [0.1, 0.15) is 18.2 Å². The third kappa shape index (κ3) is 4.51. The highest BCUT2D eigenvalue weighted by atomic mass is 19.1. The monoisotopic (exact) mass is 408 g/mol. The van der Waals surface area contributed by atoms with E-state index in [1.54, 1.807) is 24.3 Å². The van der Waals surface area contributed by atoms with Crippen LogP contribution in [0.2, 0.25) is 0 Å². The first-order chi connectivity index (χ1) is 14.2. The average Bonchev–Trinajstić information content (AvgIpc) is 2.73. The molecule has 0 unspecified atom stereocenters. The number of fused-ring (bicyclic) bond motifs is 1. The largest absolute Gasteiger partial charge is 0.487 e. The summed E-state index contributed by atoms with van der Waals surface area (Å²) in [5, 5.41) is 10.2. The molecule has 0 amide bonds. The first-order valence-corrected chi connectivity index (χ1v) is 9.91. The Morgan fingerprint density at radius 1 is 1.00 bits per heavy atom. The summed E-state index contributed by atoms with van der Waals surface area (Å²) < 4.78 is 20.7. The molecule has 3 rings (SSSR count). The van der Waals surface area contributed by atoms with Crippen LogP contribution in [0.3, 0.4) is 0 Å². The van der Waals surface area contributed by atoms with Crippen molar-refractivity contribution in [3.05, 3.63) is 77.1 Å². The molecule has 0 fully saturated rings. The van der Waals surface area contributed by atoms with Gasteiger partial charge in [0.25, 0.3) is 0 Å². The first kappa shape index (κ1) is 21.5.